The fourth-order valence-corrected chi connectivity index (χ4v) is 7.65. The van der Waals surface area contributed by atoms with E-state index in [2.05, 4.69) is 10.4 Å². The van der Waals surface area contributed by atoms with Crippen LogP contribution in [0.2, 0.25) is 0 Å². The van der Waals surface area contributed by atoms with Crippen LogP contribution < -0.4 is 5.48 Å². The van der Waals surface area contributed by atoms with Crippen LogP contribution in [0.25, 0.3) is 0 Å². The molecule has 0 spiro atoms. The molecule has 3 fully saturated rings. The van der Waals surface area contributed by atoms with Crippen LogP contribution in [0.3, 0.4) is 0 Å². The van der Waals surface area contributed by atoms with E-state index in [1.807, 2.05) is 42.5 Å². The van der Waals surface area contributed by atoms with Gasteiger partial charge in [-0.2, -0.15) is 0 Å². The van der Waals surface area contributed by atoms with Gasteiger partial charge in [0.2, 0.25) is 0 Å². The van der Waals surface area contributed by atoms with Crippen molar-refractivity contribution in [1.82, 2.24) is 10.4 Å². The van der Waals surface area contributed by atoms with Crippen molar-refractivity contribution in [3.63, 3.8) is 0 Å². The number of carbonyl (C=O) groups excluding carboxylic acids is 1. The van der Waals surface area contributed by atoms with E-state index in [0.717, 1.165) is 35.5 Å². The molecular weight excluding hydrogens is 484 g/mol. The zero-order valence-electron chi connectivity index (χ0n) is 19.7. The van der Waals surface area contributed by atoms with Crippen LogP contribution in [0.5, 0.6) is 0 Å². The highest BCUT2D eigenvalue weighted by atomic mass is 32.2. The quantitative estimate of drug-likeness (QED) is 0.527. The topological polar surface area (TPSA) is 84.9 Å². The first-order valence-corrected chi connectivity index (χ1v) is 14.7. The smallest absolute Gasteiger partial charge is 0.265 e. The Morgan fingerprint density at radius 1 is 0.971 bits per heavy atom. The van der Waals surface area contributed by atoms with Gasteiger partial charge in [-0.1, -0.05) is 30.0 Å². The molecule has 7 nitrogen and oxygen atoms in total. The lowest BCUT2D eigenvalue weighted by atomic mass is 9.94. The van der Waals surface area contributed by atoms with Crippen LogP contribution in [0.4, 0.5) is 0 Å². The number of ether oxygens (including phenoxy) is 1. The third-order valence-electron chi connectivity index (χ3n) is 7.13. The number of carbonyl (C=O) groups is 1. The average molecular weight is 517 g/mol. The molecule has 0 bridgehead atoms. The molecule has 1 aliphatic carbocycles. The molecule has 1 atom stereocenters. The van der Waals surface area contributed by atoms with Crippen molar-refractivity contribution in [3.8, 4) is 0 Å². The number of benzene rings is 2. The molecule has 0 radical (unpaired) electrons. The zero-order valence-corrected chi connectivity index (χ0v) is 21.4. The molecule has 1 amide bonds. The van der Waals surface area contributed by atoms with Gasteiger partial charge in [0.25, 0.3) is 5.91 Å². The number of amides is 1. The lowest BCUT2D eigenvalue weighted by Gasteiger charge is -2.40. The summed E-state index contributed by atoms with van der Waals surface area (Å²) in [4.78, 5) is 23.5. The fourth-order valence-electron chi connectivity index (χ4n) is 4.86. The van der Waals surface area contributed by atoms with E-state index >= 15 is 0 Å². The normalized spacial score (nSPS) is 23.0. The Balaban J connectivity index is 1.36. The van der Waals surface area contributed by atoms with Crippen molar-refractivity contribution < 1.29 is 22.8 Å². The SMILES string of the molecule is O=C(NOC1CCCCO1)C1(S(=O)(=O)c2ccc(Sc3ccccc3)cc2)CCN(C2CC2)CC1. The minimum absolute atomic E-state index is 0.166. The third-order valence-corrected chi connectivity index (χ3v) is 10.7. The number of hydrogen-bond acceptors (Lipinski definition) is 7. The van der Waals surface area contributed by atoms with Gasteiger partial charge in [-0.3, -0.25) is 4.79 Å². The minimum Gasteiger partial charge on any atom is -0.350 e. The van der Waals surface area contributed by atoms with Crippen molar-refractivity contribution in [2.45, 2.75) is 76.7 Å². The number of hydrogen-bond donors (Lipinski definition) is 1. The molecule has 1 N–H and O–H groups in total. The maximum Gasteiger partial charge on any atom is 0.265 e. The van der Waals surface area contributed by atoms with E-state index in [4.69, 9.17) is 9.57 Å². The first-order chi connectivity index (χ1) is 17.0. The molecule has 0 aromatic heterocycles. The molecule has 2 aromatic rings. The Bertz CT molecular complexity index is 1110. The van der Waals surface area contributed by atoms with Crippen molar-refractivity contribution in [3.05, 3.63) is 54.6 Å². The first kappa shape index (κ1) is 24.8. The summed E-state index contributed by atoms with van der Waals surface area (Å²) in [5, 5.41) is 0. The minimum atomic E-state index is -3.96. The van der Waals surface area contributed by atoms with Gasteiger partial charge in [0.15, 0.2) is 20.9 Å². The number of likely N-dealkylation sites (tertiary alicyclic amines) is 1. The number of nitrogens with one attached hydrogen (secondary N) is 1. The van der Waals surface area contributed by atoms with Gasteiger partial charge >= 0.3 is 0 Å². The summed E-state index contributed by atoms with van der Waals surface area (Å²) in [5.41, 5.74) is 2.48. The van der Waals surface area contributed by atoms with Gasteiger partial charge in [-0.05, 0) is 74.9 Å². The summed E-state index contributed by atoms with van der Waals surface area (Å²) in [6.07, 6.45) is 4.84. The van der Waals surface area contributed by atoms with Crippen LogP contribution in [0.15, 0.2) is 69.3 Å². The summed E-state index contributed by atoms with van der Waals surface area (Å²) < 4.78 is 32.0. The van der Waals surface area contributed by atoms with Gasteiger partial charge in [-0.15, -0.1) is 0 Å². The number of piperidine rings is 1. The highest BCUT2D eigenvalue weighted by molar-refractivity contribution is 7.99. The van der Waals surface area contributed by atoms with Crippen LogP contribution in [-0.4, -0.2) is 56.0 Å². The van der Waals surface area contributed by atoms with Crippen LogP contribution in [0, 0.1) is 0 Å². The molecule has 1 saturated carbocycles. The van der Waals surface area contributed by atoms with E-state index in [1.54, 1.807) is 23.9 Å². The molecule has 3 aliphatic rings. The molecule has 188 valence electrons. The van der Waals surface area contributed by atoms with Crippen molar-refractivity contribution in [2.24, 2.45) is 0 Å². The summed E-state index contributed by atoms with van der Waals surface area (Å²) in [5.74, 6) is -0.593. The predicted molar refractivity (Wildman–Crippen MR) is 134 cm³/mol. The molecular formula is C26H32N2O5S2. The van der Waals surface area contributed by atoms with Crippen molar-refractivity contribution >= 4 is 27.5 Å². The molecule has 2 saturated heterocycles. The Morgan fingerprint density at radius 3 is 2.29 bits per heavy atom. The van der Waals surface area contributed by atoms with E-state index in [-0.39, 0.29) is 17.7 Å². The predicted octanol–water partition coefficient (Wildman–Crippen LogP) is 4.18. The van der Waals surface area contributed by atoms with E-state index in [1.165, 1.54) is 0 Å². The highest BCUT2D eigenvalue weighted by Gasteiger charge is 2.54. The van der Waals surface area contributed by atoms with Crippen LogP contribution >= 0.6 is 11.8 Å². The second-order valence-electron chi connectivity index (χ2n) is 9.50. The average Bonchev–Trinajstić information content (AvgIpc) is 3.74. The molecule has 9 heteroatoms. The zero-order chi connectivity index (χ0) is 24.3. The standard InChI is InChI=1S/C26H32N2O5S2/c29-25(27-33-24-8-4-5-19-32-24)26(15-17-28(18-16-26)20-9-10-20)35(30,31)23-13-11-22(12-14-23)34-21-6-2-1-3-7-21/h1-3,6-7,11-14,20,24H,4-5,8-10,15-19H2,(H,27,29). The number of nitrogens with zero attached hydrogens (tertiary/aromatic N) is 1. The number of sulfone groups is 1. The van der Waals surface area contributed by atoms with Gasteiger partial charge in [-0.25, -0.2) is 18.7 Å². The van der Waals surface area contributed by atoms with E-state index in [0.29, 0.717) is 32.2 Å². The maximum atomic E-state index is 14.0. The highest BCUT2D eigenvalue weighted by Crippen LogP contribution is 2.40. The Labute approximate surface area is 211 Å². The number of hydroxylamine groups is 1. The molecule has 35 heavy (non-hydrogen) atoms. The van der Waals surface area contributed by atoms with Gasteiger partial charge in [0.1, 0.15) is 0 Å². The molecule has 1 unspecified atom stereocenters. The van der Waals surface area contributed by atoms with Crippen molar-refractivity contribution in [1.29, 1.82) is 0 Å². The Hall–Kier alpha value is -1.91. The summed E-state index contributed by atoms with van der Waals surface area (Å²) >= 11 is 1.57. The summed E-state index contributed by atoms with van der Waals surface area (Å²) in [6, 6.07) is 17.3. The third kappa shape index (κ3) is 5.44. The molecule has 2 aromatic carbocycles. The second-order valence-corrected chi connectivity index (χ2v) is 12.9. The van der Waals surface area contributed by atoms with Gasteiger partial charge in [0.05, 0.1) is 4.90 Å². The molecule has 2 heterocycles. The fraction of sp³-hybridized carbons (Fsp3) is 0.500. The maximum absolute atomic E-state index is 14.0. The number of rotatable bonds is 8. The van der Waals surface area contributed by atoms with E-state index in [9.17, 15) is 13.2 Å². The van der Waals surface area contributed by atoms with Crippen molar-refractivity contribution in [2.75, 3.05) is 19.7 Å². The van der Waals surface area contributed by atoms with Gasteiger partial charge in [0, 0.05) is 42.0 Å². The largest absolute Gasteiger partial charge is 0.350 e. The molecule has 2 aliphatic heterocycles. The summed E-state index contributed by atoms with van der Waals surface area (Å²) in [6.45, 7) is 1.74. The van der Waals surface area contributed by atoms with Crippen LogP contribution in [-0.2, 0) is 24.2 Å². The van der Waals surface area contributed by atoms with Gasteiger partial charge < -0.3 is 9.64 Å². The lowest BCUT2D eigenvalue weighted by molar-refractivity contribution is -0.202. The Morgan fingerprint density at radius 2 is 1.66 bits per heavy atom. The van der Waals surface area contributed by atoms with E-state index < -0.39 is 26.8 Å². The Kier molecular flexibility index (Phi) is 7.50. The second kappa shape index (κ2) is 10.6. The molecule has 5 rings (SSSR count). The summed E-state index contributed by atoms with van der Waals surface area (Å²) in [7, 11) is -3.96. The first-order valence-electron chi connectivity index (χ1n) is 12.4. The lowest BCUT2D eigenvalue weighted by Crippen LogP contribution is -2.58. The van der Waals surface area contributed by atoms with Crippen LogP contribution in [0.1, 0.15) is 44.9 Å². The monoisotopic (exact) mass is 516 g/mol.